The number of carbonyl (C=O) groups is 2. The summed E-state index contributed by atoms with van der Waals surface area (Å²) in [6.45, 7) is 3.57. The summed E-state index contributed by atoms with van der Waals surface area (Å²) in [6.07, 6.45) is 0.108. The van der Waals surface area contributed by atoms with E-state index in [0.29, 0.717) is 25.4 Å². The minimum Gasteiger partial charge on any atom is -0.378 e. The molecular formula is C22H26F2N4O3. The van der Waals surface area contributed by atoms with E-state index in [1.54, 1.807) is 11.9 Å². The molecule has 0 spiro atoms. The van der Waals surface area contributed by atoms with Crippen LogP contribution in [0.2, 0.25) is 0 Å². The van der Waals surface area contributed by atoms with Gasteiger partial charge < -0.3 is 20.3 Å². The van der Waals surface area contributed by atoms with Crippen molar-refractivity contribution in [2.24, 2.45) is 0 Å². The second-order valence-corrected chi connectivity index (χ2v) is 7.36. The molecule has 2 aromatic carbocycles. The number of ether oxygens (including phenoxy) is 1. The molecule has 0 aliphatic carbocycles. The van der Waals surface area contributed by atoms with Crippen LogP contribution in [-0.4, -0.2) is 63.2 Å². The number of morpholine rings is 1. The second kappa shape index (κ2) is 10.8. The van der Waals surface area contributed by atoms with Crippen LogP contribution in [0.1, 0.15) is 6.42 Å². The molecule has 0 atom stereocenters. The molecule has 0 bridgehead atoms. The Labute approximate surface area is 180 Å². The molecule has 0 saturated carbocycles. The maximum Gasteiger partial charge on any atom is 0.238 e. The van der Waals surface area contributed by atoms with Crippen molar-refractivity contribution in [3.8, 4) is 0 Å². The molecular weight excluding hydrogens is 406 g/mol. The van der Waals surface area contributed by atoms with Gasteiger partial charge in [0.05, 0.1) is 19.8 Å². The molecule has 0 radical (unpaired) electrons. The van der Waals surface area contributed by atoms with Crippen molar-refractivity contribution in [3.63, 3.8) is 0 Å². The lowest BCUT2D eigenvalue weighted by molar-refractivity contribution is -0.119. The quantitative estimate of drug-likeness (QED) is 0.671. The van der Waals surface area contributed by atoms with Crippen LogP contribution >= 0.6 is 0 Å². The third-order valence-electron chi connectivity index (χ3n) is 4.86. The molecule has 1 aliphatic rings. The number of amides is 2. The van der Waals surface area contributed by atoms with Gasteiger partial charge in [-0.25, -0.2) is 8.78 Å². The number of rotatable bonds is 8. The molecule has 0 unspecified atom stereocenters. The van der Waals surface area contributed by atoms with Crippen LogP contribution in [0.25, 0.3) is 0 Å². The van der Waals surface area contributed by atoms with E-state index in [9.17, 15) is 18.4 Å². The number of halogens is 2. The van der Waals surface area contributed by atoms with E-state index < -0.39 is 11.6 Å². The van der Waals surface area contributed by atoms with Gasteiger partial charge in [0.15, 0.2) is 11.6 Å². The predicted molar refractivity (Wildman–Crippen MR) is 115 cm³/mol. The number of likely N-dealkylation sites (N-methyl/N-ethyl adjacent to an activating group) is 1. The monoisotopic (exact) mass is 432 g/mol. The first kappa shape index (κ1) is 22.6. The number of hydrogen-bond acceptors (Lipinski definition) is 5. The predicted octanol–water partition coefficient (Wildman–Crippen LogP) is 2.70. The number of hydrogen-bond donors (Lipinski definition) is 2. The van der Waals surface area contributed by atoms with Gasteiger partial charge in [-0.05, 0) is 43.4 Å². The van der Waals surface area contributed by atoms with Gasteiger partial charge in [0.25, 0.3) is 0 Å². The van der Waals surface area contributed by atoms with E-state index in [0.717, 1.165) is 30.9 Å². The van der Waals surface area contributed by atoms with Crippen molar-refractivity contribution in [3.05, 3.63) is 54.1 Å². The van der Waals surface area contributed by atoms with Gasteiger partial charge in [-0.2, -0.15) is 0 Å². The van der Waals surface area contributed by atoms with Gasteiger partial charge in [-0.3, -0.25) is 14.5 Å². The van der Waals surface area contributed by atoms with Gasteiger partial charge in [-0.15, -0.1) is 0 Å². The Morgan fingerprint density at radius 3 is 2.29 bits per heavy atom. The third kappa shape index (κ3) is 7.01. The average molecular weight is 432 g/mol. The minimum atomic E-state index is -1.02. The Hall–Kier alpha value is -3.04. The molecule has 1 saturated heterocycles. The summed E-state index contributed by atoms with van der Waals surface area (Å²) in [5, 5.41) is 5.35. The SMILES string of the molecule is CN(CCC(=O)Nc1ccc(F)c(F)c1)CC(=O)Nc1ccc(N2CCOCC2)cc1. The molecule has 2 amide bonds. The van der Waals surface area contributed by atoms with E-state index in [4.69, 9.17) is 4.74 Å². The summed E-state index contributed by atoms with van der Waals surface area (Å²) in [5.74, 6) is -2.54. The Balaban J connectivity index is 1.39. The van der Waals surface area contributed by atoms with Crippen LogP contribution in [0.3, 0.4) is 0 Å². The van der Waals surface area contributed by atoms with Crippen LogP contribution in [0, 0.1) is 11.6 Å². The Bertz CT molecular complexity index is 902. The van der Waals surface area contributed by atoms with Crippen molar-refractivity contribution >= 4 is 28.9 Å². The maximum absolute atomic E-state index is 13.2. The fourth-order valence-electron chi connectivity index (χ4n) is 3.19. The summed E-state index contributed by atoms with van der Waals surface area (Å²) in [5.41, 5.74) is 1.97. The molecule has 31 heavy (non-hydrogen) atoms. The van der Waals surface area contributed by atoms with Gasteiger partial charge in [0, 0.05) is 49.2 Å². The fraction of sp³-hybridized carbons (Fsp3) is 0.364. The van der Waals surface area contributed by atoms with Gasteiger partial charge in [0.2, 0.25) is 11.8 Å². The Morgan fingerprint density at radius 1 is 0.968 bits per heavy atom. The number of anilines is 3. The zero-order valence-electron chi connectivity index (χ0n) is 17.4. The molecule has 1 heterocycles. The Morgan fingerprint density at radius 2 is 1.61 bits per heavy atom. The molecule has 0 aromatic heterocycles. The molecule has 7 nitrogen and oxygen atoms in total. The molecule has 2 N–H and O–H groups in total. The van der Waals surface area contributed by atoms with E-state index in [1.807, 2.05) is 24.3 Å². The molecule has 1 aliphatic heterocycles. The summed E-state index contributed by atoms with van der Waals surface area (Å²) >= 11 is 0. The lowest BCUT2D eigenvalue weighted by Gasteiger charge is -2.28. The topological polar surface area (TPSA) is 73.9 Å². The van der Waals surface area contributed by atoms with Crippen molar-refractivity contribution in [1.29, 1.82) is 0 Å². The normalized spacial score (nSPS) is 13.9. The highest BCUT2D eigenvalue weighted by Crippen LogP contribution is 2.19. The molecule has 166 valence electrons. The van der Waals surface area contributed by atoms with Crippen molar-refractivity contribution < 1.29 is 23.1 Å². The first-order valence-corrected chi connectivity index (χ1v) is 10.1. The first-order valence-electron chi connectivity index (χ1n) is 10.1. The number of nitrogens with one attached hydrogen (secondary N) is 2. The number of benzene rings is 2. The zero-order valence-corrected chi connectivity index (χ0v) is 17.4. The molecule has 1 fully saturated rings. The molecule has 3 rings (SSSR count). The van der Waals surface area contributed by atoms with Crippen LogP contribution in [0.5, 0.6) is 0 Å². The van der Waals surface area contributed by atoms with Crippen LogP contribution < -0.4 is 15.5 Å². The average Bonchev–Trinajstić information content (AvgIpc) is 2.76. The van der Waals surface area contributed by atoms with Crippen LogP contribution in [0.15, 0.2) is 42.5 Å². The van der Waals surface area contributed by atoms with Crippen molar-refractivity contribution in [2.45, 2.75) is 6.42 Å². The lowest BCUT2D eigenvalue weighted by atomic mass is 10.2. The van der Waals surface area contributed by atoms with Crippen LogP contribution in [0.4, 0.5) is 25.8 Å². The number of carbonyl (C=O) groups excluding carboxylic acids is 2. The van der Waals surface area contributed by atoms with Gasteiger partial charge >= 0.3 is 0 Å². The van der Waals surface area contributed by atoms with Gasteiger partial charge in [-0.1, -0.05) is 0 Å². The lowest BCUT2D eigenvalue weighted by Crippen LogP contribution is -2.36. The molecule has 2 aromatic rings. The summed E-state index contributed by atoms with van der Waals surface area (Å²) in [7, 11) is 1.73. The van der Waals surface area contributed by atoms with E-state index >= 15 is 0 Å². The standard InChI is InChI=1S/C22H26F2N4O3/c1-27(9-8-21(29)26-17-4-7-19(23)20(24)14-17)15-22(30)25-16-2-5-18(6-3-16)28-10-12-31-13-11-28/h2-7,14H,8-13,15H2,1H3,(H,25,30)(H,26,29). The summed E-state index contributed by atoms with van der Waals surface area (Å²) in [6, 6.07) is 10.8. The smallest absolute Gasteiger partial charge is 0.238 e. The first-order chi connectivity index (χ1) is 14.9. The van der Waals surface area contributed by atoms with Gasteiger partial charge in [0.1, 0.15) is 0 Å². The summed E-state index contributed by atoms with van der Waals surface area (Å²) < 4.78 is 31.5. The molecule has 9 heteroatoms. The second-order valence-electron chi connectivity index (χ2n) is 7.36. The fourth-order valence-corrected chi connectivity index (χ4v) is 3.19. The minimum absolute atomic E-state index is 0.108. The van der Waals surface area contributed by atoms with Crippen molar-refractivity contribution in [2.75, 3.05) is 62.0 Å². The highest BCUT2D eigenvalue weighted by atomic mass is 19.2. The largest absolute Gasteiger partial charge is 0.378 e. The highest BCUT2D eigenvalue weighted by molar-refractivity contribution is 5.93. The van der Waals surface area contributed by atoms with Crippen LogP contribution in [-0.2, 0) is 14.3 Å². The zero-order chi connectivity index (χ0) is 22.2. The maximum atomic E-state index is 13.2. The van der Waals surface area contributed by atoms with Crippen molar-refractivity contribution in [1.82, 2.24) is 4.90 Å². The Kier molecular flexibility index (Phi) is 7.91. The third-order valence-corrected chi connectivity index (χ3v) is 4.86. The number of nitrogens with zero attached hydrogens (tertiary/aromatic N) is 2. The summed E-state index contributed by atoms with van der Waals surface area (Å²) in [4.78, 5) is 28.2. The van der Waals surface area contributed by atoms with E-state index in [-0.39, 0.29) is 30.5 Å². The highest BCUT2D eigenvalue weighted by Gasteiger charge is 2.13. The van der Waals surface area contributed by atoms with E-state index in [1.165, 1.54) is 6.07 Å². The van der Waals surface area contributed by atoms with E-state index in [2.05, 4.69) is 15.5 Å².